The molecule has 0 atom stereocenters. The summed E-state index contributed by atoms with van der Waals surface area (Å²) in [5.74, 6) is 0. The maximum atomic E-state index is 11.5. The molecule has 0 unspecified atom stereocenters. The number of fused-ring (bicyclic) bond motifs is 1. The largest absolute Gasteiger partial charge is 0.302 e. The van der Waals surface area contributed by atoms with Gasteiger partial charge in [-0.25, -0.2) is 0 Å². The lowest BCUT2D eigenvalue weighted by molar-refractivity contribution is -0.111. The second kappa shape index (κ2) is 6.34. The molecule has 3 nitrogen and oxygen atoms in total. The number of aromatic nitrogens is 1. The van der Waals surface area contributed by atoms with Gasteiger partial charge in [0, 0.05) is 16.5 Å². The molecule has 1 aliphatic rings. The molecule has 3 aromatic rings. The highest BCUT2D eigenvalue weighted by Gasteiger charge is 2.38. The van der Waals surface area contributed by atoms with Gasteiger partial charge in [-0.15, -0.1) is 11.8 Å². The van der Waals surface area contributed by atoms with Crippen LogP contribution in [-0.4, -0.2) is 16.0 Å². The van der Waals surface area contributed by atoms with Crippen LogP contribution in [0.25, 0.3) is 22.0 Å². The monoisotopic (exact) mass is 344 g/mol. The zero-order valence-electron chi connectivity index (χ0n) is 13.6. The van der Waals surface area contributed by atoms with Gasteiger partial charge in [-0.3, -0.25) is 4.98 Å². The van der Waals surface area contributed by atoms with Gasteiger partial charge in [0.2, 0.25) is 0 Å². The number of rotatable bonds is 4. The van der Waals surface area contributed by atoms with E-state index in [4.69, 9.17) is 5.26 Å². The smallest absolute Gasteiger partial charge is 0.136 e. The summed E-state index contributed by atoms with van der Waals surface area (Å²) in [6, 6.07) is 17.9. The third-order valence-electron chi connectivity index (χ3n) is 4.78. The minimum absolute atomic E-state index is 0.265. The minimum Gasteiger partial charge on any atom is -0.302 e. The summed E-state index contributed by atoms with van der Waals surface area (Å²) in [6.07, 6.45) is 5.92. The van der Waals surface area contributed by atoms with Crippen LogP contribution in [0.4, 0.5) is 0 Å². The minimum atomic E-state index is -0.265. The molecule has 4 heteroatoms. The predicted octanol–water partition coefficient (Wildman–Crippen LogP) is 4.99. The fourth-order valence-corrected chi connectivity index (χ4v) is 4.50. The summed E-state index contributed by atoms with van der Waals surface area (Å²) >= 11 is 1.67. The van der Waals surface area contributed by atoms with Crippen LogP contribution >= 0.6 is 11.8 Å². The molecule has 1 heterocycles. The number of hydrogen-bond acceptors (Lipinski definition) is 4. The zero-order valence-corrected chi connectivity index (χ0v) is 14.4. The van der Waals surface area contributed by atoms with E-state index in [-0.39, 0.29) is 4.75 Å². The summed E-state index contributed by atoms with van der Waals surface area (Å²) < 4.78 is -0.265. The van der Waals surface area contributed by atoms with E-state index in [1.165, 1.54) is 0 Å². The topological polar surface area (TPSA) is 53.8 Å². The molecular formula is C21H16N2OS. The molecule has 0 aliphatic heterocycles. The Bertz CT molecular complexity index is 985. The van der Waals surface area contributed by atoms with Gasteiger partial charge in [-0.1, -0.05) is 18.2 Å². The first-order valence-electron chi connectivity index (χ1n) is 8.28. The Balaban J connectivity index is 1.77. The summed E-state index contributed by atoms with van der Waals surface area (Å²) in [7, 11) is 0. The normalized spacial score (nSPS) is 15.3. The van der Waals surface area contributed by atoms with E-state index in [9.17, 15) is 4.79 Å². The number of carbonyl (C=O) groups is 1. The Hall–Kier alpha value is -2.64. The Kier molecular flexibility index (Phi) is 4.03. The molecule has 1 fully saturated rings. The lowest BCUT2D eigenvalue weighted by Gasteiger charge is -2.36. The van der Waals surface area contributed by atoms with Crippen LogP contribution in [0.15, 0.2) is 59.6 Å². The van der Waals surface area contributed by atoms with E-state index < -0.39 is 0 Å². The Labute approximate surface area is 150 Å². The molecule has 25 heavy (non-hydrogen) atoms. The molecule has 4 rings (SSSR count). The van der Waals surface area contributed by atoms with Gasteiger partial charge in [0.25, 0.3) is 0 Å². The molecule has 0 bridgehead atoms. The number of nitriles is 1. The maximum absolute atomic E-state index is 11.5. The molecule has 2 aromatic carbocycles. The fourth-order valence-electron chi connectivity index (χ4n) is 3.11. The van der Waals surface area contributed by atoms with Crippen molar-refractivity contribution in [3.05, 3.63) is 60.3 Å². The first-order chi connectivity index (χ1) is 12.2. The summed E-state index contributed by atoms with van der Waals surface area (Å²) in [5, 5.41) is 10.0. The standard InChI is InChI=1S/C21H16N2OS/c22-13-15-2-4-16(5-3-15)17-6-7-19-18(12-17)20(8-11-23-19)25-21(14-24)9-1-10-21/h2-8,11-12,14H,1,9-10H2. The summed E-state index contributed by atoms with van der Waals surface area (Å²) in [5.41, 5.74) is 3.73. The first-order valence-corrected chi connectivity index (χ1v) is 9.09. The van der Waals surface area contributed by atoms with Gasteiger partial charge in [0.05, 0.1) is 21.9 Å². The van der Waals surface area contributed by atoms with E-state index >= 15 is 0 Å². The number of pyridine rings is 1. The Morgan fingerprint density at radius 2 is 1.84 bits per heavy atom. The van der Waals surface area contributed by atoms with Crippen LogP contribution in [0.2, 0.25) is 0 Å². The fraction of sp³-hybridized carbons (Fsp3) is 0.190. The second-order valence-electron chi connectivity index (χ2n) is 6.37. The van der Waals surface area contributed by atoms with Crippen LogP contribution < -0.4 is 0 Å². The van der Waals surface area contributed by atoms with Crippen molar-refractivity contribution in [3.63, 3.8) is 0 Å². The molecule has 0 radical (unpaired) electrons. The first kappa shape index (κ1) is 15.9. The summed E-state index contributed by atoms with van der Waals surface area (Å²) in [4.78, 5) is 17.1. The van der Waals surface area contributed by atoms with Crippen LogP contribution in [0.3, 0.4) is 0 Å². The number of hydrogen-bond donors (Lipinski definition) is 0. The highest BCUT2D eigenvalue weighted by molar-refractivity contribution is 8.01. The SMILES string of the molecule is N#Cc1ccc(-c2ccc3nccc(SC4(C=O)CCC4)c3c2)cc1. The highest BCUT2D eigenvalue weighted by Crippen LogP contribution is 2.47. The van der Waals surface area contributed by atoms with Crippen molar-refractivity contribution in [1.82, 2.24) is 4.98 Å². The van der Waals surface area contributed by atoms with Crippen LogP contribution in [0.5, 0.6) is 0 Å². The molecule has 1 saturated carbocycles. The number of benzene rings is 2. The molecular weight excluding hydrogens is 328 g/mol. The average molecular weight is 344 g/mol. The van der Waals surface area contributed by atoms with E-state index in [2.05, 4.69) is 17.1 Å². The number of thioether (sulfide) groups is 1. The maximum Gasteiger partial charge on any atom is 0.136 e. The van der Waals surface area contributed by atoms with E-state index in [0.717, 1.165) is 52.5 Å². The quantitative estimate of drug-likeness (QED) is 0.626. The van der Waals surface area contributed by atoms with Crippen molar-refractivity contribution in [1.29, 1.82) is 5.26 Å². The van der Waals surface area contributed by atoms with Crippen molar-refractivity contribution in [2.75, 3.05) is 0 Å². The number of aldehydes is 1. The van der Waals surface area contributed by atoms with Crippen molar-refractivity contribution in [3.8, 4) is 17.2 Å². The van der Waals surface area contributed by atoms with Crippen LogP contribution in [-0.2, 0) is 4.79 Å². The predicted molar refractivity (Wildman–Crippen MR) is 100 cm³/mol. The van der Waals surface area contributed by atoms with E-state index in [1.54, 1.807) is 11.8 Å². The molecule has 1 aromatic heterocycles. The Morgan fingerprint density at radius 3 is 2.48 bits per heavy atom. The molecule has 0 spiro atoms. The van der Waals surface area contributed by atoms with Crippen molar-refractivity contribution in [2.45, 2.75) is 28.9 Å². The third kappa shape index (κ3) is 2.92. The van der Waals surface area contributed by atoms with E-state index in [0.29, 0.717) is 5.56 Å². The molecule has 0 N–H and O–H groups in total. The zero-order chi connectivity index (χ0) is 17.3. The van der Waals surface area contributed by atoms with Crippen LogP contribution in [0, 0.1) is 11.3 Å². The van der Waals surface area contributed by atoms with Gasteiger partial charge in [-0.05, 0) is 60.7 Å². The van der Waals surface area contributed by atoms with Crippen molar-refractivity contribution in [2.24, 2.45) is 0 Å². The van der Waals surface area contributed by atoms with Gasteiger partial charge in [0.15, 0.2) is 0 Å². The van der Waals surface area contributed by atoms with Gasteiger partial charge in [-0.2, -0.15) is 5.26 Å². The Morgan fingerprint density at radius 1 is 1.08 bits per heavy atom. The van der Waals surface area contributed by atoms with Gasteiger partial charge >= 0.3 is 0 Å². The molecule has 0 saturated heterocycles. The second-order valence-corrected chi connectivity index (χ2v) is 7.83. The third-order valence-corrected chi connectivity index (χ3v) is 6.26. The van der Waals surface area contributed by atoms with E-state index in [1.807, 2.05) is 48.7 Å². The highest BCUT2D eigenvalue weighted by atomic mass is 32.2. The lowest BCUT2D eigenvalue weighted by atomic mass is 9.86. The van der Waals surface area contributed by atoms with Crippen molar-refractivity contribution >= 4 is 29.0 Å². The molecule has 122 valence electrons. The average Bonchev–Trinajstić information content (AvgIpc) is 2.64. The van der Waals surface area contributed by atoms with Gasteiger partial charge < -0.3 is 4.79 Å². The number of nitrogens with zero attached hydrogens (tertiary/aromatic N) is 2. The van der Waals surface area contributed by atoms with Gasteiger partial charge in [0.1, 0.15) is 6.29 Å². The lowest BCUT2D eigenvalue weighted by Crippen LogP contribution is -2.34. The number of carbonyl (C=O) groups excluding carboxylic acids is 1. The molecule has 1 aliphatic carbocycles. The van der Waals surface area contributed by atoms with Crippen molar-refractivity contribution < 1.29 is 4.79 Å². The van der Waals surface area contributed by atoms with Crippen LogP contribution in [0.1, 0.15) is 24.8 Å². The molecule has 0 amide bonds. The summed E-state index contributed by atoms with van der Waals surface area (Å²) in [6.45, 7) is 0.